The Morgan fingerprint density at radius 2 is 1.93 bits per heavy atom. The van der Waals surface area contributed by atoms with Crippen LogP contribution in [0.1, 0.15) is 11.4 Å². The van der Waals surface area contributed by atoms with Gasteiger partial charge in [-0.2, -0.15) is 0 Å². The zero-order valence-corrected chi connectivity index (χ0v) is 17.4. The van der Waals surface area contributed by atoms with Crippen molar-refractivity contribution in [2.24, 2.45) is 14.1 Å². The fourth-order valence-corrected chi connectivity index (χ4v) is 3.96. The lowest BCUT2D eigenvalue weighted by molar-refractivity contribution is -0.118. The van der Waals surface area contributed by atoms with Crippen molar-refractivity contribution in [1.29, 1.82) is 0 Å². The molecule has 0 fully saturated rings. The molecule has 0 aliphatic carbocycles. The number of benzene rings is 1. The van der Waals surface area contributed by atoms with Crippen LogP contribution in [0.4, 0.5) is 0 Å². The Balaban J connectivity index is 1.50. The molecule has 4 rings (SSSR count). The van der Waals surface area contributed by atoms with Crippen LogP contribution in [0, 0.1) is 6.92 Å². The van der Waals surface area contributed by atoms with E-state index in [0.717, 1.165) is 21.9 Å². The summed E-state index contributed by atoms with van der Waals surface area (Å²) in [6.45, 7) is 2.19. The van der Waals surface area contributed by atoms with Gasteiger partial charge in [-0.05, 0) is 24.6 Å². The van der Waals surface area contributed by atoms with E-state index in [9.17, 15) is 14.4 Å². The number of amides is 1. The minimum atomic E-state index is -0.489. The third-order valence-electron chi connectivity index (χ3n) is 4.65. The van der Waals surface area contributed by atoms with Gasteiger partial charge in [0.1, 0.15) is 16.2 Å². The maximum Gasteiger partial charge on any atom is 0.332 e. The molecule has 1 aliphatic rings. The second-order valence-electron chi connectivity index (χ2n) is 6.73. The molecule has 30 heavy (non-hydrogen) atoms. The summed E-state index contributed by atoms with van der Waals surface area (Å²) in [4.78, 5) is 45.7. The number of rotatable bonds is 5. The normalized spacial score (nSPS) is 12.4. The molecule has 1 aromatic carbocycles. The van der Waals surface area contributed by atoms with E-state index in [1.54, 1.807) is 20.0 Å². The van der Waals surface area contributed by atoms with Crippen LogP contribution in [0.25, 0.3) is 11.0 Å². The average molecular weight is 429 g/mol. The molecule has 0 spiro atoms. The Kier molecular flexibility index (Phi) is 5.20. The fraction of sp³-hybridized carbons (Fsp3) is 0.316. The van der Waals surface area contributed by atoms with Gasteiger partial charge in [-0.1, -0.05) is 17.8 Å². The van der Waals surface area contributed by atoms with Crippen molar-refractivity contribution in [2.75, 3.05) is 12.5 Å². The smallest absolute Gasteiger partial charge is 0.332 e. The van der Waals surface area contributed by atoms with Crippen molar-refractivity contribution in [3.63, 3.8) is 0 Å². The summed E-state index contributed by atoms with van der Waals surface area (Å²) in [7, 11) is 2.94. The van der Waals surface area contributed by atoms with Gasteiger partial charge >= 0.3 is 5.69 Å². The number of ether oxygens (including phenoxy) is 2. The minimum absolute atomic E-state index is 0.0576. The number of nitrogens with zero attached hydrogens (tertiary/aromatic N) is 4. The number of carbonyl (C=O) groups excluding carboxylic acids is 1. The highest BCUT2D eigenvalue weighted by molar-refractivity contribution is 8.00. The standard InChI is InChI=1S/C19H19N5O5S/c1-10-21-16-15(18(26)24(3)19(27)23(16)2)17(22-10)30-8-14(25)20-7-11-4-5-12-13(6-11)29-9-28-12/h4-6H,7-9H2,1-3H3,(H,20,25). The average Bonchev–Trinajstić information content (AvgIpc) is 3.20. The summed E-state index contributed by atoms with van der Waals surface area (Å²) in [5.74, 6) is 1.59. The Morgan fingerprint density at radius 3 is 2.73 bits per heavy atom. The summed E-state index contributed by atoms with van der Waals surface area (Å²) in [6.07, 6.45) is 0. The Hall–Kier alpha value is -3.34. The minimum Gasteiger partial charge on any atom is -0.454 e. The summed E-state index contributed by atoms with van der Waals surface area (Å²) in [5, 5.41) is 3.42. The van der Waals surface area contributed by atoms with Crippen LogP contribution in [0.3, 0.4) is 0 Å². The fourth-order valence-electron chi connectivity index (χ4n) is 3.07. The van der Waals surface area contributed by atoms with Gasteiger partial charge in [0.15, 0.2) is 17.1 Å². The molecule has 1 aliphatic heterocycles. The molecule has 1 N–H and O–H groups in total. The molecular formula is C19H19N5O5S. The van der Waals surface area contributed by atoms with Gasteiger partial charge in [-0.25, -0.2) is 14.8 Å². The first kappa shape index (κ1) is 20.0. The number of carbonyl (C=O) groups is 1. The van der Waals surface area contributed by atoms with E-state index in [2.05, 4.69) is 15.3 Å². The molecule has 1 amide bonds. The van der Waals surface area contributed by atoms with Crippen molar-refractivity contribution >= 4 is 28.7 Å². The molecule has 0 bridgehead atoms. The van der Waals surface area contributed by atoms with Crippen LogP contribution in [0.2, 0.25) is 0 Å². The van der Waals surface area contributed by atoms with Gasteiger partial charge in [0.25, 0.3) is 5.56 Å². The third-order valence-corrected chi connectivity index (χ3v) is 5.62. The summed E-state index contributed by atoms with van der Waals surface area (Å²) < 4.78 is 12.9. The second-order valence-corrected chi connectivity index (χ2v) is 7.70. The van der Waals surface area contributed by atoms with Crippen LogP contribution in [-0.2, 0) is 25.4 Å². The van der Waals surface area contributed by atoms with Gasteiger partial charge in [0.2, 0.25) is 12.7 Å². The zero-order chi connectivity index (χ0) is 21.4. The Bertz CT molecular complexity index is 1280. The van der Waals surface area contributed by atoms with E-state index >= 15 is 0 Å². The number of hydrogen-bond donors (Lipinski definition) is 1. The molecule has 3 aromatic rings. The second kappa shape index (κ2) is 7.82. The highest BCUT2D eigenvalue weighted by Gasteiger charge is 2.18. The van der Waals surface area contributed by atoms with E-state index in [1.165, 1.54) is 11.6 Å². The van der Waals surface area contributed by atoms with Crippen molar-refractivity contribution in [3.8, 4) is 11.5 Å². The predicted molar refractivity (Wildman–Crippen MR) is 110 cm³/mol. The summed E-state index contributed by atoms with van der Waals surface area (Å²) in [5.41, 5.74) is 0.169. The first-order chi connectivity index (χ1) is 14.3. The van der Waals surface area contributed by atoms with E-state index in [1.807, 2.05) is 12.1 Å². The van der Waals surface area contributed by atoms with Crippen molar-refractivity contribution in [3.05, 3.63) is 50.4 Å². The van der Waals surface area contributed by atoms with Gasteiger partial charge in [-0.3, -0.25) is 18.7 Å². The Morgan fingerprint density at radius 1 is 1.17 bits per heavy atom. The first-order valence-corrected chi connectivity index (χ1v) is 10.1. The lowest BCUT2D eigenvalue weighted by Gasteiger charge is -2.11. The molecule has 0 saturated carbocycles. The van der Waals surface area contributed by atoms with Crippen LogP contribution >= 0.6 is 11.8 Å². The highest BCUT2D eigenvalue weighted by atomic mass is 32.2. The van der Waals surface area contributed by atoms with E-state index < -0.39 is 11.2 Å². The van der Waals surface area contributed by atoms with Crippen molar-refractivity contribution < 1.29 is 14.3 Å². The number of nitrogens with one attached hydrogen (secondary N) is 1. The molecule has 156 valence electrons. The topological polar surface area (TPSA) is 117 Å². The maximum absolute atomic E-state index is 12.6. The summed E-state index contributed by atoms with van der Waals surface area (Å²) >= 11 is 1.13. The van der Waals surface area contributed by atoms with Crippen LogP contribution < -0.4 is 26.0 Å². The van der Waals surface area contributed by atoms with Crippen molar-refractivity contribution in [1.82, 2.24) is 24.4 Å². The van der Waals surface area contributed by atoms with Crippen LogP contribution in [0.5, 0.6) is 11.5 Å². The largest absolute Gasteiger partial charge is 0.454 e. The molecule has 2 aromatic heterocycles. The molecular weight excluding hydrogens is 410 g/mol. The van der Waals surface area contributed by atoms with E-state index in [0.29, 0.717) is 28.9 Å². The Labute approximate surface area is 174 Å². The molecule has 0 radical (unpaired) electrons. The number of fused-ring (bicyclic) bond motifs is 2. The number of aryl methyl sites for hydroxylation is 2. The maximum atomic E-state index is 12.6. The molecule has 0 unspecified atom stereocenters. The first-order valence-electron chi connectivity index (χ1n) is 9.07. The van der Waals surface area contributed by atoms with Gasteiger partial charge < -0.3 is 14.8 Å². The molecule has 11 heteroatoms. The van der Waals surface area contributed by atoms with Crippen LogP contribution in [0.15, 0.2) is 32.8 Å². The zero-order valence-electron chi connectivity index (χ0n) is 16.6. The number of thioether (sulfide) groups is 1. The van der Waals surface area contributed by atoms with Gasteiger partial charge in [0.05, 0.1) is 5.75 Å². The molecule has 3 heterocycles. The number of aromatic nitrogens is 4. The van der Waals surface area contributed by atoms with E-state index in [-0.39, 0.29) is 29.5 Å². The molecule has 10 nitrogen and oxygen atoms in total. The van der Waals surface area contributed by atoms with Crippen LogP contribution in [-0.4, -0.2) is 37.6 Å². The highest BCUT2D eigenvalue weighted by Crippen LogP contribution is 2.32. The number of hydrogen-bond acceptors (Lipinski definition) is 8. The summed E-state index contributed by atoms with van der Waals surface area (Å²) in [6, 6.07) is 5.47. The lowest BCUT2D eigenvalue weighted by Crippen LogP contribution is -2.37. The van der Waals surface area contributed by atoms with Crippen molar-refractivity contribution in [2.45, 2.75) is 18.5 Å². The SMILES string of the molecule is Cc1nc(SCC(=O)NCc2ccc3c(c2)OCO3)c2c(=O)n(C)c(=O)n(C)c2n1. The molecule has 0 saturated heterocycles. The lowest BCUT2D eigenvalue weighted by atomic mass is 10.2. The predicted octanol–water partition coefficient (Wildman–Crippen LogP) is 0.473. The van der Waals surface area contributed by atoms with E-state index in [4.69, 9.17) is 9.47 Å². The van der Waals surface area contributed by atoms with Gasteiger partial charge in [-0.15, -0.1) is 0 Å². The quantitative estimate of drug-likeness (QED) is 0.460. The molecule has 0 atom stereocenters. The third kappa shape index (κ3) is 3.63. The monoisotopic (exact) mass is 429 g/mol. The van der Waals surface area contributed by atoms with Gasteiger partial charge in [0, 0.05) is 20.6 Å².